The van der Waals surface area contributed by atoms with E-state index in [1.807, 2.05) is 31.2 Å². The number of ether oxygens (including phenoxy) is 1. The van der Waals surface area contributed by atoms with E-state index in [0.717, 1.165) is 16.9 Å². The number of pyridine rings is 1. The molecule has 0 saturated carbocycles. The van der Waals surface area contributed by atoms with E-state index in [9.17, 15) is 9.59 Å². The quantitative estimate of drug-likeness (QED) is 0.617. The number of rotatable bonds is 6. The highest BCUT2D eigenvalue weighted by atomic mass is 16.5. The van der Waals surface area contributed by atoms with Crippen LogP contribution >= 0.6 is 0 Å². The van der Waals surface area contributed by atoms with Gasteiger partial charge < -0.3 is 15.4 Å². The average molecular weight is 375 g/mol. The number of anilines is 3. The molecule has 0 unspecified atom stereocenters. The first-order valence-electron chi connectivity index (χ1n) is 8.93. The fourth-order valence-corrected chi connectivity index (χ4v) is 2.62. The summed E-state index contributed by atoms with van der Waals surface area (Å²) in [7, 11) is 0. The molecule has 6 heteroatoms. The summed E-state index contributed by atoms with van der Waals surface area (Å²) in [4.78, 5) is 28.3. The van der Waals surface area contributed by atoms with Gasteiger partial charge in [0.1, 0.15) is 5.69 Å². The summed E-state index contributed by atoms with van der Waals surface area (Å²) in [5, 5.41) is 6.04. The minimum Gasteiger partial charge on any atom is -0.462 e. The maximum Gasteiger partial charge on any atom is 0.338 e. The first-order valence-corrected chi connectivity index (χ1v) is 8.93. The predicted octanol–water partition coefficient (Wildman–Crippen LogP) is 4.56. The second kappa shape index (κ2) is 8.81. The molecule has 1 amide bonds. The lowest BCUT2D eigenvalue weighted by Crippen LogP contribution is -2.14. The van der Waals surface area contributed by atoms with Crippen molar-refractivity contribution in [2.24, 2.45) is 0 Å². The third kappa shape index (κ3) is 4.94. The molecule has 2 aromatic carbocycles. The summed E-state index contributed by atoms with van der Waals surface area (Å²) in [5.41, 5.74) is 4.13. The number of esters is 1. The molecule has 142 valence electrons. The standard InChI is InChI=1S/C22H21N3O3/c1-3-28-22(27)16-7-9-17(10-8-16)25-21(26)20-14-19(11-12-23-20)24-18-6-4-5-15(2)13-18/h4-14H,3H2,1-2H3,(H,23,24)(H,25,26). The third-order valence-electron chi connectivity index (χ3n) is 3.95. The Morgan fingerprint density at radius 3 is 2.43 bits per heavy atom. The van der Waals surface area contributed by atoms with E-state index in [0.29, 0.717) is 17.9 Å². The van der Waals surface area contributed by atoms with E-state index >= 15 is 0 Å². The Morgan fingerprint density at radius 2 is 1.71 bits per heavy atom. The Bertz CT molecular complexity index is 984. The van der Waals surface area contributed by atoms with Crippen LogP contribution in [0.3, 0.4) is 0 Å². The SMILES string of the molecule is CCOC(=O)c1ccc(NC(=O)c2cc(Nc3cccc(C)c3)ccn2)cc1. The van der Waals surface area contributed by atoms with Crippen molar-refractivity contribution in [3.8, 4) is 0 Å². The van der Waals surface area contributed by atoms with Crippen LogP contribution in [0.1, 0.15) is 33.3 Å². The zero-order chi connectivity index (χ0) is 19.9. The summed E-state index contributed by atoms with van der Waals surface area (Å²) < 4.78 is 4.94. The van der Waals surface area contributed by atoms with E-state index in [1.54, 1.807) is 49.5 Å². The first kappa shape index (κ1) is 19.1. The minimum atomic E-state index is -0.392. The highest BCUT2D eigenvalue weighted by Gasteiger charge is 2.10. The molecule has 3 rings (SSSR count). The third-order valence-corrected chi connectivity index (χ3v) is 3.95. The summed E-state index contributed by atoms with van der Waals surface area (Å²) in [6.07, 6.45) is 1.58. The zero-order valence-electron chi connectivity index (χ0n) is 15.7. The molecule has 0 saturated heterocycles. The van der Waals surface area contributed by atoms with Crippen molar-refractivity contribution in [2.75, 3.05) is 17.2 Å². The van der Waals surface area contributed by atoms with Crippen LogP contribution in [0, 0.1) is 6.92 Å². The molecular formula is C22H21N3O3. The number of carbonyl (C=O) groups excluding carboxylic acids is 2. The van der Waals surface area contributed by atoms with Crippen molar-refractivity contribution < 1.29 is 14.3 Å². The molecule has 0 aliphatic carbocycles. The molecule has 0 radical (unpaired) electrons. The molecule has 0 aliphatic rings. The second-order valence-electron chi connectivity index (χ2n) is 6.18. The molecule has 0 fully saturated rings. The molecule has 0 bridgehead atoms. The van der Waals surface area contributed by atoms with Gasteiger partial charge in [-0.25, -0.2) is 4.79 Å². The Morgan fingerprint density at radius 1 is 0.964 bits per heavy atom. The predicted molar refractivity (Wildman–Crippen MR) is 109 cm³/mol. The van der Waals surface area contributed by atoms with Crippen LogP contribution in [0.4, 0.5) is 17.1 Å². The van der Waals surface area contributed by atoms with E-state index in [-0.39, 0.29) is 11.6 Å². The summed E-state index contributed by atoms with van der Waals surface area (Å²) in [6.45, 7) is 4.08. The number of benzene rings is 2. The van der Waals surface area contributed by atoms with Crippen molar-refractivity contribution in [2.45, 2.75) is 13.8 Å². The van der Waals surface area contributed by atoms with Gasteiger partial charge in [0.05, 0.1) is 12.2 Å². The fourth-order valence-electron chi connectivity index (χ4n) is 2.62. The lowest BCUT2D eigenvalue weighted by molar-refractivity contribution is 0.0526. The first-order chi connectivity index (χ1) is 13.5. The van der Waals surface area contributed by atoms with Gasteiger partial charge in [-0.1, -0.05) is 12.1 Å². The Balaban J connectivity index is 1.68. The smallest absolute Gasteiger partial charge is 0.338 e. The van der Waals surface area contributed by atoms with Crippen molar-refractivity contribution in [1.29, 1.82) is 0 Å². The number of aromatic nitrogens is 1. The molecule has 0 aliphatic heterocycles. The van der Waals surface area contributed by atoms with Gasteiger partial charge in [0.2, 0.25) is 0 Å². The topological polar surface area (TPSA) is 80.3 Å². The number of nitrogens with zero attached hydrogens (tertiary/aromatic N) is 1. The van der Waals surface area contributed by atoms with Crippen LogP contribution in [0.5, 0.6) is 0 Å². The number of carbonyl (C=O) groups is 2. The second-order valence-corrected chi connectivity index (χ2v) is 6.18. The maximum atomic E-state index is 12.5. The average Bonchev–Trinajstić information content (AvgIpc) is 2.69. The number of aryl methyl sites for hydroxylation is 1. The fraction of sp³-hybridized carbons (Fsp3) is 0.136. The van der Waals surface area contributed by atoms with Crippen LogP contribution in [-0.4, -0.2) is 23.5 Å². The maximum absolute atomic E-state index is 12.5. The van der Waals surface area contributed by atoms with E-state index in [2.05, 4.69) is 15.6 Å². The number of amides is 1. The molecule has 0 atom stereocenters. The van der Waals surface area contributed by atoms with Gasteiger partial charge in [-0.3, -0.25) is 9.78 Å². The monoisotopic (exact) mass is 375 g/mol. The normalized spacial score (nSPS) is 10.2. The van der Waals surface area contributed by atoms with Crippen molar-refractivity contribution in [3.05, 3.63) is 83.7 Å². The van der Waals surface area contributed by atoms with Gasteiger partial charge in [-0.15, -0.1) is 0 Å². The Labute approximate surface area is 163 Å². The Hall–Kier alpha value is -3.67. The van der Waals surface area contributed by atoms with Gasteiger partial charge in [0, 0.05) is 23.3 Å². The van der Waals surface area contributed by atoms with Crippen molar-refractivity contribution in [1.82, 2.24) is 4.98 Å². The van der Waals surface area contributed by atoms with Gasteiger partial charge in [0.15, 0.2) is 0 Å². The van der Waals surface area contributed by atoms with Crippen LogP contribution < -0.4 is 10.6 Å². The summed E-state index contributed by atoms with van der Waals surface area (Å²) in [6, 6.07) is 18.0. The number of nitrogens with one attached hydrogen (secondary N) is 2. The molecule has 1 heterocycles. The lowest BCUT2D eigenvalue weighted by Gasteiger charge is -2.09. The summed E-state index contributed by atoms with van der Waals surface area (Å²) >= 11 is 0. The molecule has 0 spiro atoms. The van der Waals surface area contributed by atoms with Crippen LogP contribution in [0.15, 0.2) is 66.9 Å². The molecular weight excluding hydrogens is 354 g/mol. The Kier molecular flexibility index (Phi) is 6.01. The minimum absolute atomic E-state index is 0.284. The van der Waals surface area contributed by atoms with Gasteiger partial charge >= 0.3 is 5.97 Å². The van der Waals surface area contributed by atoms with Gasteiger partial charge in [-0.2, -0.15) is 0 Å². The molecule has 28 heavy (non-hydrogen) atoms. The lowest BCUT2D eigenvalue weighted by atomic mass is 10.2. The van der Waals surface area contributed by atoms with Crippen molar-refractivity contribution >= 4 is 28.9 Å². The molecule has 2 N–H and O–H groups in total. The van der Waals surface area contributed by atoms with Crippen LogP contribution in [0.2, 0.25) is 0 Å². The van der Waals surface area contributed by atoms with Gasteiger partial charge in [0.25, 0.3) is 5.91 Å². The number of hydrogen-bond donors (Lipinski definition) is 2. The van der Waals surface area contributed by atoms with Crippen molar-refractivity contribution in [3.63, 3.8) is 0 Å². The molecule has 6 nitrogen and oxygen atoms in total. The van der Waals surface area contributed by atoms with E-state index in [1.165, 1.54) is 0 Å². The largest absolute Gasteiger partial charge is 0.462 e. The summed E-state index contributed by atoms with van der Waals surface area (Å²) in [5.74, 6) is -0.728. The number of hydrogen-bond acceptors (Lipinski definition) is 5. The molecule has 1 aromatic heterocycles. The van der Waals surface area contributed by atoms with E-state index in [4.69, 9.17) is 4.74 Å². The van der Waals surface area contributed by atoms with E-state index < -0.39 is 5.97 Å². The highest BCUT2D eigenvalue weighted by Crippen LogP contribution is 2.18. The zero-order valence-corrected chi connectivity index (χ0v) is 15.7. The van der Waals surface area contributed by atoms with Gasteiger partial charge in [-0.05, 0) is 67.9 Å². The van der Waals surface area contributed by atoms with Crippen LogP contribution in [0.25, 0.3) is 0 Å². The van der Waals surface area contributed by atoms with Crippen LogP contribution in [-0.2, 0) is 4.74 Å². The molecule has 3 aromatic rings. The highest BCUT2D eigenvalue weighted by molar-refractivity contribution is 6.03.